The highest BCUT2D eigenvalue weighted by molar-refractivity contribution is 5.94. The third kappa shape index (κ3) is 4.45. The maximum atomic E-state index is 12.6. The zero-order valence-electron chi connectivity index (χ0n) is 13.3. The smallest absolute Gasteiger partial charge is 0.254 e. The standard InChI is InChI=1S/C17H27N3O/c1-3-5-14-7-11-20(12-8-14)17(21)15-6-10-19-16(13-15)18-9-4-2/h6,10,13-14H,3-5,7-9,11-12H2,1-2H3,(H,18,19). The molecule has 2 rings (SSSR count). The van der Waals surface area contributed by atoms with E-state index in [9.17, 15) is 4.79 Å². The largest absolute Gasteiger partial charge is 0.370 e. The quantitative estimate of drug-likeness (QED) is 0.871. The maximum Gasteiger partial charge on any atom is 0.254 e. The van der Waals surface area contributed by atoms with E-state index < -0.39 is 0 Å². The van der Waals surface area contributed by atoms with Gasteiger partial charge >= 0.3 is 0 Å². The van der Waals surface area contributed by atoms with Gasteiger partial charge in [0.05, 0.1) is 0 Å². The third-order valence-electron chi connectivity index (χ3n) is 4.16. The molecule has 1 aliphatic rings. The van der Waals surface area contributed by atoms with E-state index in [1.807, 2.05) is 17.0 Å². The number of rotatable bonds is 6. The second-order valence-electron chi connectivity index (χ2n) is 5.88. The molecule has 0 radical (unpaired) electrons. The molecule has 1 N–H and O–H groups in total. The monoisotopic (exact) mass is 289 g/mol. The summed E-state index contributed by atoms with van der Waals surface area (Å²) in [5.41, 5.74) is 0.748. The molecule has 0 bridgehead atoms. The first-order valence-corrected chi connectivity index (χ1v) is 8.23. The summed E-state index contributed by atoms with van der Waals surface area (Å²) >= 11 is 0. The molecule has 4 heteroatoms. The number of nitrogens with zero attached hydrogens (tertiary/aromatic N) is 2. The van der Waals surface area contributed by atoms with Crippen LogP contribution in [0.1, 0.15) is 56.3 Å². The van der Waals surface area contributed by atoms with Crippen LogP contribution in [0.25, 0.3) is 0 Å². The summed E-state index contributed by atoms with van der Waals surface area (Å²) in [5, 5.41) is 3.23. The molecule has 1 saturated heterocycles. The van der Waals surface area contributed by atoms with Crippen molar-refractivity contribution < 1.29 is 4.79 Å². The van der Waals surface area contributed by atoms with E-state index in [0.717, 1.165) is 56.2 Å². The van der Waals surface area contributed by atoms with Gasteiger partial charge < -0.3 is 10.2 Å². The van der Waals surface area contributed by atoms with Gasteiger partial charge in [0.15, 0.2) is 0 Å². The number of hydrogen-bond acceptors (Lipinski definition) is 3. The highest BCUT2D eigenvalue weighted by Crippen LogP contribution is 2.23. The van der Waals surface area contributed by atoms with Crippen molar-refractivity contribution in [2.45, 2.75) is 46.0 Å². The summed E-state index contributed by atoms with van der Waals surface area (Å²) in [5.74, 6) is 1.74. The van der Waals surface area contributed by atoms with Gasteiger partial charge in [-0.25, -0.2) is 4.98 Å². The fourth-order valence-corrected chi connectivity index (χ4v) is 2.93. The fourth-order valence-electron chi connectivity index (χ4n) is 2.93. The summed E-state index contributed by atoms with van der Waals surface area (Å²) in [6.45, 7) is 7.02. The number of aromatic nitrogens is 1. The van der Waals surface area contributed by atoms with E-state index >= 15 is 0 Å². The second-order valence-corrected chi connectivity index (χ2v) is 5.88. The van der Waals surface area contributed by atoms with Gasteiger partial charge in [-0.1, -0.05) is 26.7 Å². The molecule has 2 heterocycles. The van der Waals surface area contributed by atoms with Crippen LogP contribution < -0.4 is 5.32 Å². The SMILES string of the molecule is CCCNc1cc(C(=O)N2CCC(CCC)CC2)ccn1. The lowest BCUT2D eigenvalue weighted by Crippen LogP contribution is -2.38. The molecule has 1 aliphatic heterocycles. The van der Waals surface area contributed by atoms with Crippen LogP contribution in [0.15, 0.2) is 18.3 Å². The molecule has 0 unspecified atom stereocenters. The molecule has 21 heavy (non-hydrogen) atoms. The number of piperidine rings is 1. The van der Waals surface area contributed by atoms with Gasteiger partial charge in [-0.3, -0.25) is 4.79 Å². The number of hydrogen-bond donors (Lipinski definition) is 1. The van der Waals surface area contributed by atoms with Crippen LogP contribution in [-0.2, 0) is 0 Å². The predicted octanol–water partition coefficient (Wildman–Crippen LogP) is 3.56. The zero-order chi connectivity index (χ0) is 15.1. The first-order valence-electron chi connectivity index (χ1n) is 8.23. The molecule has 0 spiro atoms. The molecule has 1 amide bonds. The maximum absolute atomic E-state index is 12.6. The normalized spacial score (nSPS) is 16.0. The van der Waals surface area contributed by atoms with E-state index in [2.05, 4.69) is 24.1 Å². The number of carbonyl (C=O) groups is 1. The van der Waals surface area contributed by atoms with Crippen molar-refractivity contribution in [1.82, 2.24) is 9.88 Å². The number of amides is 1. The number of nitrogens with one attached hydrogen (secondary N) is 1. The van der Waals surface area contributed by atoms with Crippen LogP contribution in [-0.4, -0.2) is 35.4 Å². The van der Waals surface area contributed by atoms with Crippen molar-refractivity contribution in [3.63, 3.8) is 0 Å². The van der Waals surface area contributed by atoms with Crippen LogP contribution in [0.4, 0.5) is 5.82 Å². The Bertz CT molecular complexity index is 453. The number of carbonyl (C=O) groups excluding carboxylic acids is 1. The van der Waals surface area contributed by atoms with Gasteiger partial charge in [-0.05, 0) is 37.3 Å². The van der Waals surface area contributed by atoms with Crippen LogP contribution in [0.3, 0.4) is 0 Å². The van der Waals surface area contributed by atoms with Crippen molar-refractivity contribution in [2.75, 3.05) is 25.0 Å². The summed E-state index contributed by atoms with van der Waals surface area (Å²) in [6, 6.07) is 3.69. The summed E-state index contributed by atoms with van der Waals surface area (Å²) in [6.07, 6.45) is 7.59. The minimum Gasteiger partial charge on any atom is -0.370 e. The molecular formula is C17H27N3O. The Morgan fingerprint density at radius 2 is 2.10 bits per heavy atom. The van der Waals surface area contributed by atoms with E-state index in [1.165, 1.54) is 12.8 Å². The Labute approximate surface area is 127 Å². The van der Waals surface area contributed by atoms with Crippen molar-refractivity contribution >= 4 is 11.7 Å². The van der Waals surface area contributed by atoms with Crippen LogP contribution in [0.2, 0.25) is 0 Å². The predicted molar refractivity (Wildman–Crippen MR) is 86.6 cm³/mol. The first-order chi connectivity index (χ1) is 10.2. The lowest BCUT2D eigenvalue weighted by Gasteiger charge is -2.32. The van der Waals surface area contributed by atoms with E-state index in [1.54, 1.807) is 6.20 Å². The van der Waals surface area contributed by atoms with Gasteiger partial charge in [0.25, 0.3) is 5.91 Å². The Hall–Kier alpha value is -1.58. The Kier molecular flexibility index (Phi) is 6.03. The van der Waals surface area contributed by atoms with Crippen LogP contribution >= 0.6 is 0 Å². The average Bonchev–Trinajstić information content (AvgIpc) is 2.53. The summed E-state index contributed by atoms with van der Waals surface area (Å²) < 4.78 is 0. The first kappa shape index (κ1) is 15.8. The van der Waals surface area contributed by atoms with Crippen molar-refractivity contribution in [3.8, 4) is 0 Å². The van der Waals surface area contributed by atoms with Crippen molar-refractivity contribution in [3.05, 3.63) is 23.9 Å². The van der Waals surface area contributed by atoms with Crippen LogP contribution in [0, 0.1) is 5.92 Å². The summed E-state index contributed by atoms with van der Waals surface area (Å²) in [4.78, 5) is 18.8. The van der Waals surface area contributed by atoms with Crippen molar-refractivity contribution in [1.29, 1.82) is 0 Å². The van der Waals surface area contributed by atoms with Gasteiger partial charge in [0, 0.05) is 31.4 Å². The van der Waals surface area contributed by atoms with Crippen molar-refractivity contribution in [2.24, 2.45) is 5.92 Å². The molecule has 1 aromatic heterocycles. The van der Waals surface area contributed by atoms with Crippen LogP contribution in [0.5, 0.6) is 0 Å². The second kappa shape index (κ2) is 8.01. The lowest BCUT2D eigenvalue weighted by molar-refractivity contribution is 0.0686. The fraction of sp³-hybridized carbons (Fsp3) is 0.647. The Morgan fingerprint density at radius 3 is 2.76 bits per heavy atom. The molecule has 116 valence electrons. The highest BCUT2D eigenvalue weighted by atomic mass is 16.2. The number of anilines is 1. The molecular weight excluding hydrogens is 262 g/mol. The molecule has 1 fully saturated rings. The summed E-state index contributed by atoms with van der Waals surface area (Å²) in [7, 11) is 0. The molecule has 0 aromatic carbocycles. The van der Waals surface area contributed by atoms with Gasteiger partial charge in [-0.15, -0.1) is 0 Å². The lowest BCUT2D eigenvalue weighted by atomic mass is 9.92. The molecule has 0 aliphatic carbocycles. The van der Waals surface area contributed by atoms with Gasteiger partial charge in [0.2, 0.25) is 0 Å². The third-order valence-corrected chi connectivity index (χ3v) is 4.16. The number of pyridine rings is 1. The zero-order valence-corrected chi connectivity index (χ0v) is 13.3. The van der Waals surface area contributed by atoms with E-state index in [-0.39, 0.29) is 5.91 Å². The molecule has 0 atom stereocenters. The topological polar surface area (TPSA) is 45.2 Å². The molecule has 0 saturated carbocycles. The Morgan fingerprint density at radius 1 is 1.33 bits per heavy atom. The molecule has 4 nitrogen and oxygen atoms in total. The minimum absolute atomic E-state index is 0.145. The highest BCUT2D eigenvalue weighted by Gasteiger charge is 2.23. The number of likely N-dealkylation sites (tertiary alicyclic amines) is 1. The average molecular weight is 289 g/mol. The van der Waals surface area contributed by atoms with E-state index in [0.29, 0.717) is 0 Å². The van der Waals surface area contributed by atoms with Gasteiger partial charge in [-0.2, -0.15) is 0 Å². The Balaban J connectivity index is 1.94. The van der Waals surface area contributed by atoms with E-state index in [4.69, 9.17) is 0 Å². The minimum atomic E-state index is 0.145. The molecule has 1 aromatic rings. The van der Waals surface area contributed by atoms with Gasteiger partial charge in [0.1, 0.15) is 5.82 Å².